The van der Waals surface area contributed by atoms with E-state index in [9.17, 15) is 0 Å². The molecule has 1 fully saturated rings. The summed E-state index contributed by atoms with van der Waals surface area (Å²) in [6, 6.07) is 10.7. The molecule has 5 heteroatoms. The second-order valence-electron chi connectivity index (χ2n) is 5.34. The Morgan fingerprint density at radius 3 is 2.67 bits per heavy atom. The van der Waals surface area contributed by atoms with Gasteiger partial charge in [-0.2, -0.15) is 5.10 Å². The summed E-state index contributed by atoms with van der Waals surface area (Å²) in [6.45, 7) is 5.75. The second kappa shape index (κ2) is 7.24. The molecule has 1 aromatic carbocycles. The van der Waals surface area contributed by atoms with Crippen molar-refractivity contribution in [1.82, 2.24) is 15.1 Å². The number of rotatable bonds is 6. The predicted molar refractivity (Wildman–Crippen MR) is 83.3 cm³/mol. The molecule has 1 aliphatic heterocycles. The predicted octanol–water partition coefficient (Wildman–Crippen LogP) is 1.90. The summed E-state index contributed by atoms with van der Waals surface area (Å²) in [5.41, 5.74) is 3.61. The highest BCUT2D eigenvalue weighted by Gasteiger charge is 2.09. The van der Waals surface area contributed by atoms with E-state index < -0.39 is 0 Å². The minimum absolute atomic E-state index is 0.771. The minimum atomic E-state index is 0.771. The van der Waals surface area contributed by atoms with Crippen molar-refractivity contribution in [1.29, 1.82) is 0 Å². The zero-order valence-electron chi connectivity index (χ0n) is 12.2. The normalized spacial score (nSPS) is 16.0. The van der Waals surface area contributed by atoms with Crippen molar-refractivity contribution in [2.24, 2.45) is 0 Å². The highest BCUT2D eigenvalue weighted by Crippen LogP contribution is 2.12. The molecule has 1 aromatic heterocycles. The number of nitrogens with zero attached hydrogens (tertiary/aromatic N) is 2. The van der Waals surface area contributed by atoms with Gasteiger partial charge in [-0.1, -0.05) is 12.1 Å². The number of H-pyrrole nitrogens is 1. The number of benzene rings is 1. The van der Waals surface area contributed by atoms with Gasteiger partial charge in [-0.3, -0.25) is 10.00 Å². The molecular formula is C16H22N4O. The highest BCUT2D eigenvalue weighted by atomic mass is 16.5. The van der Waals surface area contributed by atoms with Crippen LogP contribution in [0.3, 0.4) is 0 Å². The molecule has 0 amide bonds. The number of hydrogen-bond acceptors (Lipinski definition) is 4. The summed E-state index contributed by atoms with van der Waals surface area (Å²) in [4.78, 5) is 2.47. The highest BCUT2D eigenvalue weighted by molar-refractivity contribution is 5.44. The Labute approximate surface area is 125 Å². The van der Waals surface area contributed by atoms with Crippen molar-refractivity contribution in [3.63, 3.8) is 0 Å². The first-order valence-corrected chi connectivity index (χ1v) is 7.51. The van der Waals surface area contributed by atoms with Gasteiger partial charge in [-0.05, 0) is 30.2 Å². The first kappa shape index (κ1) is 14.1. The van der Waals surface area contributed by atoms with Gasteiger partial charge in [0, 0.05) is 31.5 Å². The van der Waals surface area contributed by atoms with Crippen LogP contribution in [0.4, 0.5) is 5.69 Å². The van der Waals surface area contributed by atoms with Gasteiger partial charge in [0.2, 0.25) is 0 Å². The van der Waals surface area contributed by atoms with E-state index in [1.54, 1.807) is 6.20 Å². The third-order valence-corrected chi connectivity index (χ3v) is 3.82. The summed E-state index contributed by atoms with van der Waals surface area (Å²) >= 11 is 0. The Balaban J connectivity index is 1.44. The number of aromatic nitrogens is 2. The fraction of sp³-hybridized carbons (Fsp3) is 0.438. The largest absolute Gasteiger partial charge is 0.379 e. The van der Waals surface area contributed by atoms with Crippen molar-refractivity contribution in [3.8, 4) is 0 Å². The van der Waals surface area contributed by atoms with Crippen LogP contribution in [-0.2, 0) is 17.7 Å². The van der Waals surface area contributed by atoms with Gasteiger partial charge in [-0.15, -0.1) is 0 Å². The molecule has 0 unspecified atom stereocenters. The lowest BCUT2D eigenvalue weighted by molar-refractivity contribution is 0.0384. The maximum Gasteiger partial charge on any atom is 0.0594 e. The lowest BCUT2D eigenvalue weighted by Gasteiger charge is -2.26. The Kier molecular flexibility index (Phi) is 4.86. The van der Waals surface area contributed by atoms with Crippen LogP contribution >= 0.6 is 0 Å². The van der Waals surface area contributed by atoms with Gasteiger partial charge in [0.25, 0.3) is 0 Å². The third kappa shape index (κ3) is 4.31. The summed E-state index contributed by atoms with van der Waals surface area (Å²) < 4.78 is 5.37. The third-order valence-electron chi connectivity index (χ3n) is 3.82. The van der Waals surface area contributed by atoms with Gasteiger partial charge in [0.1, 0.15) is 0 Å². The smallest absolute Gasteiger partial charge is 0.0594 e. The Bertz CT molecular complexity index is 518. The number of morpholine rings is 1. The van der Waals surface area contributed by atoms with Gasteiger partial charge < -0.3 is 10.1 Å². The van der Waals surface area contributed by atoms with Gasteiger partial charge in [0.05, 0.1) is 25.5 Å². The molecule has 5 nitrogen and oxygen atoms in total. The standard InChI is InChI=1S/C16H22N4O/c1-3-15(17-13-16-5-7-18-19-16)4-2-14(1)6-8-20-9-11-21-12-10-20/h1-5,7,17H,6,8-13H2,(H,18,19). The first-order chi connectivity index (χ1) is 10.4. The van der Waals surface area contributed by atoms with Crippen LogP contribution in [0.5, 0.6) is 0 Å². The van der Waals surface area contributed by atoms with E-state index in [4.69, 9.17) is 4.74 Å². The van der Waals surface area contributed by atoms with E-state index in [1.165, 1.54) is 5.56 Å². The van der Waals surface area contributed by atoms with E-state index in [0.29, 0.717) is 0 Å². The van der Waals surface area contributed by atoms with Crippen LogP contribution in [0.2, 0.25) is 0 Å². The number of nitrogens with one attached hydrogen (secondary N) is 2. The molecule has 0 saturated carbocycles. The van der Waals surface area contributed by atoms with Crippen molar-refractivity contribution >= 4 is 5.69 Å². The molecule has 0 radical (unpaired) electrons. The average molecular weight is 286 g/mol. The SMILES string of the molecule is c1cc(CNc2ccc(CCN3CCOCC3)cc2)[nH]n1. The lowest BCUT2D eigenvalue weighted by Crippen LogP contribution is -2.37. The molecule has 112 valence electrons. The molecule has 0 atom stereocenters. The molecule has 2 N–H and O–H groups in total. The molecule has 21 heavy (non-hydrogen) atoms. The fourth-order valence-electron chi connectivity index (χ4n) is 2.48. The van der Waals surface area contributed by atoms with Crippen LogP contribution < -0.4 is 5.32 Å². The van der Waals surface area contributed by atoms with E-state index in [-0.39, 0.29) is 0 Å². The summed E-state index contributed by atoms with van der Waals surface area (Å²) in [6.07, 6.45) is 2.87. The van der Waals surface area contributed by atoms with Gasteiger partial charge >= 0.3 is 0 Å². The number of aromatic amines is 1. The summed E-state index contributed by atoms with van der Waals surface area (Å²) in [5.74, 6) is 0. The molecule has 2 aromatic rings. The average Bonchev–Trinajstić information content (AvgIpc) is 3.06. The van der Waals surface area contributed by atoms with Crippen molar-refractivity contribution in [2.45, 2.75) is 13.0 Å². The molecule has 2 heterocycles. The zero-order chi connectivity index (χ0) is 14.3. The van der Waals surface area contributed by atoms with Crippen LogP contribution in [0.15, 0.2) is 36.5 Å². The van der Waals surface area contributed by atoms with Crippen LogP contribution in [0.1, 0.15) is 11.3 Å². The van der Waals surface area contributed by atoms with Crippen molar-refractivity contribution in [2.75, 3.05) is 38.2 Å². The molecular weight excluding hydrogens is 264 g/mol. The van der Waals surface area contributed by atoms with Crippen LogP contribution in [0.25, 0.3) is 0 Å². The first-order valence-electron chi connectivity index (χ1n) is 7.51. The topological polar surface area (TPSA) is 53.2 Å². The monoisotopic (exact) mass is 286 g/mol. The molecule has 3 rings (SSSR count). The fourth-order valence-corrected chi connectivity index (χ4v) is 2.48. The Morgan fingerprint density at radius 1 is 1.14 bits per heavy atom. The van der Waals surface area contributed by atoms with Crippen LogP contribution in [0, 0.1) is 0 Å². The van der Waals surface area contributed by atoms with Crippen LogP contribution in [-0.4, -0.2) is 47.9 Å². The van der Waals surface area contributed by atoms with E-state index in [2.05, 4.69) is 44.7 Å². The van der Waals surface area contributed by atoms with Gasteiger partial charge in [0.15, 0.2) is 0 Å². The summed E-state index contributed by atoms with van der Waals surface area (Å²) in [5, 5.41) is 10.3. The Morgan fingerprint density at radius 2 is 1.95 bits per heavy atom. The number of ether oxygens (including phenoxy) is 1. The maximum absolute atomic E-state index is 5.37. The lowest BCUT2D eigenvalue weighted by atomic mass is 10.1. The van der Waals surface area contributed by atoms with Crippen molar-refractivity contribution < 1.29 is 4.74 Å². The molecule has 0 aliphatic carbocycles. The molecule has 1 aliphatic rings. The molecule has 1 saturated heterocycles. The molecule has 0 bridgehead atoms. The Hall–Kier alpha value is -1.85. The van der Waals surface area contributed by atoms with Gasteiger partial charge in [-0.25, -0.2) is 0 Å². The maximum atomic E-state index is 5.37. The zero-order valence-corrected chi connectivity index (χ0v) is 12.2. The molecule has 0 spiro atoms. The number of hydrogen-bond donors (Lipinski definition) is 2. The second-order valence-corrected chi connectivity index (χ2v) is 5.34. The quantitative estimate of drug-likeness (QED) is 0.851. The van der Waals surface area contributed by atoms with Crippen molar-refractivity contribution in [3.05, 3.63) is 47.8 Å². The van der Waals surface area contributed by atoms with E-state index in [0.717, 1.165) is 57.2 Å². The minimum Gasteiger partial charge on any atom is -0.379 e. The number of anilines is 1. The van der Waals surface area contributed by atoms with E-state index >= 15 is 0 Å². The van der Waals surface area contributed by atoms with E-state index in [1.807, 2.05) is 6.07 Å². The summed E-state index contributed by atoms with van der Waals surface area (Å²) in [7, 11) is 0.